The lowest BCUT2D eigenvalue weighted by molar-refractivity contribution is -0.121. The third-order valence-electron chi connectivity index (χ3n) is 2.97. The molecule has 110 valence electrons. The first-order valence-corrected chi connectivity index (χ1v) is 8.01. The molecule has 6 nitrogen and oxygen atoms in total. The van der Waals surface area contributed by atoms with Gasteiger partial charge in [-0.15, -0.1) is 0 Å². The minimum absolute atomic E-state index is 0.0781. The molecule has 1 aliphatic rings. The Morgan fingerprint density at radius 3 is 2.65 bits per heavy atom. The van der Waals surface area contributed by atoms with Gasteiger partial charge in [-0.3, -0.25) is 4.79 Å². The lowest BCUT2D eigenvalue weighted by Gasteiger charge is -2.08. The van der Waals surface area contributed by atoms with E-state index in [1.165, 1.54) is 6.07 Å². The Balaban J connectivity index is 1.91. The van der Waals surface area contributed by atoms with Crippen LogP contribution in [0.25, 0.3) is 0 Å². The number of aryl methyl sites for hydroxylation is 1. The van der Waals surface area contributed by atoms with Gasteiger partial charge in [0.1, 0.15) is 0 Å². The number of rotatable bonds is 6. The summed E-state index contributed by atoms with van der Waals surface area (Å²) in [6.45, 7) is 1.85. The minimum Gasteiger partial charge on any atom is -0.399 e. The average Bonchev–Trinajstić information content (AvgIpc) is 3.11. The number of benzene rings is 1. The third kappa shape index (κ3) is 4.21. The predicted octanol–water partition coefficient (Wildman–Crippen LogP) is 0.524. The highest BCUT2D eigenvalue weighted by Crippen LogP contribution is 2.18. The van der Waals surface area contributed by atoms with Crippen LogP contribution in [-0.4, -0.2) is 26.9 Å². The van der Waals surface area contributed by atoms with Gasteiger partial charge in [0.15, 0.2) is 0 Å². The van der Waals surface area contributed by atoms with Crippen molar-refractivity contribution in [2.75, 3.05) is 12.3 Å². The molecule has 0 heterocycles. The molecule has 4 N–H and O–H groups in total. The number of nitrogens with two attached hydrogens (primary N) is 1. The van der Waals surface area contributed by atoms with Gasteiger partial charge in [-0.2, -0.15) is 0 Å². The van der Waals surface area contributed by atoms with Crippen molar-refractivity contribution in [1.82, 2.24) is 10.0 Å². The quantitative estimate of drug-likeness (QED) is 0.666. The fraction of sp³-hybridized carbons (Fsp3) is 0.462. The van der Waals surface area contributed by atoms with Crippen LogP contribution >= 0.6 is 0 Å². The van der Waals surface area contributed by atoms with Crippen LogP contribution in [0.15, 0.2) is 23.1 Å². The number of amides is 1. The monoisotopic (exact) mass is 297 g/mol. The van der Waals surface area contributed by atoms with E-state index < -0.39 is 10.0 Å². The molecule has 1 fully saturated rings. The van der Waals surface area contributed by atoms with E-state index in [2.05, 4.69) is 10.0 Å². The van der Waals surface area contributed by atoms with Crippen LogP contribution < -0.4 is 15.8 Å². The molecular weight excluding hydrogens is 278 g/mol. The number of carbonyl (C=O) groups is 1. The molecule has 0 aromatic heterocycles. The standard InChI is InChI=1S/C13H19N3O3S/c1-9-6-10(14)8-12(7-9)20(18,19)15-5-4-13(17)16-11-2-3-11/h6-8,11,15H,2-5,14H2,1H3,(H,16,17). The lowest BCUT2D eigenvalue weighted by Crippen LogP contribution is -2.31. The Morgan fingerprint density at radius 2 is 2.05 bits per heavy atom. The molecule has 2 rings (SSSR count). The van der Waals surface area contributed by atoms with Crippen LogP contribution in [-0.2, 0) is 14.8 Å². The summed E-state index contributed by atoms with van der Waals surface area (Å²) in [5.74, 6) is -0.126. The van der Waals surface area contributed by atoms with Crippen LogP contribution in [0.4, 0.5) is 5.69 Å². The zero-order valence-corrected chi connectivity index (χ0v) is 12.2. The van der Waals surface area contributed by atoms with Gasteiger partial charge in [0, 0.05) is 24.7 Å². The number of nitrogens with one attached hydrogen (secondary N) is 2. The normalized spacial score (nSPS) is 15.1. The Kier molecular flexibility index (Phi) is 4.29. The highest BCUT2D eigenvalue weighted by Gasteiger charge is 2.23. The summed E-state index contributed by atoms with van der Waals surface area (Å²) in [5, 5.41) is 2.80. The third-order valence-corrected chi connectivity index (χ3v) is 4.41. The summed E-state index contributed by atoms with van der Waals surface area (Å²) in [6.07, 6.45) is 2.16. The molecule has 20 heavy (non-hydrogen) atoms. The molecule has 0 radical (unpaired) electrons. The zero-order valence-electron chi connectivity index (χ0n) is 11.3. The number of hydrogen-bond donors (Lipinski definition) is 3. The minimum atomic E-state index is -3.62. The van der Waals surface area contributed by atoms with E-state index in [4.69, 9.17) is 5.73 Å². The number of nitrogen functional groups attached to an aromatic ring is 1. The van der Waals surface area contributed by atoms with Crippen molar-refractivity contribution in [2.24, 2.45) is 0 Å². The summed E-state index contributed by atoms with van der Waals surface area (Å²) < 4.78 is 26.5. The van der Waals surface area contributed by atoms with Crippen molar-refractivity contribution >= 4 is 21.6 Å². The summed E-state index contributed by atoms with van der Waals surface area (Å²) >= 11 is 0. The highest BCUT2D eigenvalue weighted by molar-refractivity contribution is 7.89. The van der Waals surface area contributed by atoms with Crippen molar-refractivity contribution in [3.8, 4) is 0 Å². The molecule has 1 saturated carbocycles. The van der Waals surface area contributed by atoms with Gasteiger partial charge < -0.3 is 11.1 Å². The van der Waals surface area contributed by atoms with Gasteiger partial charge in [-0.05, 0) is 43.5 Å². The van der Waals surface area contributed by atoms with Crippen LogP contribution in [0.5, 0.6) is 0 Å². The van der Waals surface area contributed by atoms with Crippen LogP contribution in [0.1, 0.15) is 24.8 Å². The Labute approximate surface area is 118 Å². The van der Waals surface area contributed by atoms with Crippen LogP contribution in [0, 0.1) is 6.92 Å². The first kappa shape index (κ1) is 14.8. The number of anilines is 1. The highest BCUT2D eigenvalue weighted by atomic mass is 32.2. The van der Waals surface area contributed by atoms with Gasteiger partial charge in [0.25, 0.3) is 0 Å². The molecule has 0 saturated heterocycles. The Bertz CT molecular complexity index is 589. The van der Waals surface area contributed by atoms with E-state index in [1.54, 1.807) is 19.1 Å². The molecule has 1 aliphatic carbocycles. The summed E-state index contributed by atoms with van der Waals surface area (Å²) in [7, 11) is -3.62. The van der Waals surface area contributed by atoms with Gasteiger partial charge in [0.05, 0.1) is 4.90 Å². The predicted molar refractivity (Wildman–Crippen MR) is 76.6 cm³/mol. The number of hydrogen-bond acceptors (Lipinski definition) is 4. The summed E-state index contributed by atoms with van der Waals surface area (Å²) in [4.78, 5) is 11.6. The molecular formula is C13H19N3O3S. The van der Waals surface area contributed by atoms with E-state index >= 15 is 0 Å². The SMILES string of the molecule is Cc1cc(N)cc(S(=O)(=O)NCCC(=O)NC2CC2)c1. The van der Waals surface area contributed by atoms with Crippen LogP contribution in [0.2, 0.25) is 0 Å². The van der Waals surface area contributed by atoms with Crippen molar-refractivity contribution in [3.05, 3.63) is 23.8 Å². The number of carbonyl (C=O) groups excluding carboxylic acids is 1. The molecule has 1 aromatic carbocycles. The van der Waals surface area contributed by atoms with Gasteiger partial charge >= 0.3 is 0 Å². The van der Waals surface area contributed by atoms with E-state index in [-0.39, 0.29) is 29.8 Å². The van der Waals surface area contributed by atoms with Gasteiger partial charge in [-0.1, -0.05) is 0 Å². The van der Waals surface area contributed by atoms with Crippen molar-refractivity contribution in [3.63, 3.8) is 0 Å². The fourth-order valence-electron chi connectivity index (χ4n) is 1.84. The van der Waals surface area contributed by atoms with E-state index in [0.717, 1.165) is 18.4 Å². The van der Waals surface area contributed by atoms with Crippen molar-refractivity contribution in [1.29, 1.82) is 0 Å². The van der Waals surface area contributed by atoms with Crippen molar-refractivity contribution < 1.29 is 13.2 Å². The second-order valence-electron chi connectivity index (χ2n) is 5.07. The molecule has 0 unspecified atom stereocenters. The molecule has 1 aromatic rings. The smallest absolute Gasteiger partial charge is 0.240 e. The molecule has 0 atom stereocenters. The van der Waals surface area contributed by atoms with Crippen LogP contribution in [0.3, 0.4) is 0 Å². The second kappa shape index (κ2) is 5.80. The molecule has 0 spiro atoms. The fourth-order valence-corrected chi connectivity index (χ4v) is 3.01. The summed E-state index contributed by atoms with van der Waals surface area (Å²) in [5.41, 5.74) is 6.81. The zero-order chi connectivity index (χ0) is 14.8. The van der Waals surface area contributed by atoms with E-state index in [9.17, 15) is 13.2 Å². The first-order chi connectivity index (χ1) is 9.37. The Morgan fingerprint density at radius 1 is 1.35 bits per heavy atom. The maximum Gasteiger partial charge on any atom is 0.240 e. The Hall–Kier alpha value is -1.60. The maximum absolute atomic E-state index is 12.1. The van der Waals surface area contributed by atoms with E-state index in [0.29, 0.717) is 5.69 Å². The molecule has 1 amide bonds. The largest absolute Gasteiger partial charge is 0.399 e. The molecule has 7 heteroatoms. The lowest BCUT2D eigenvalue weighted by atomic mass is 10.2. The average molecular weight is 297 g/mol. The number of sulfonamides is 1. The summed E-state index contributed by atoms with van der Waals surface area (Å²) in [6, 6.07) is 4.93. The first-order valence-electron chi connectivity index (χ1n) is 6.53. The maximum atomic E-state index is 12.1. The van der Waals surface area contributed by atoms with Gasteiger partial charge in [-0.25, -0.2) is 13.1 Å². The van der Waals surface area contributed by atoms with E-state index in [1.807, 2.05) is 0 Å². The second-order valence-corrected chi connectivity index (χ2v) is 6.84. The topological polar surface area (TPSA) is 101 Å². The van der Waals surface area contributed by atoms with Gasteiger partial charge in [0.2, 0.25) is 15.9 Å². The molecule has 0 bridgehead atoms. The molecule has 0 aliphatic heterocycles. The van der Waals surface area contributed by atoms with Crippen molar-refractivity contribution in [2.45, 2.75) is 37.1 Å².